The van der Waals surface area contributed by atoms with Gasteiger partial charge >= 0.3 is 0 Å². The largest absolute Gasteiger partial charge is 0.378 e. The summed E-state index contributed by atoms with van der Waals surface area (Å²) >= 11 is 0. The molecule has 6 nitrogen and oxygen atoms in total. The molecule has 0 aromatic heterocycles. The maximum atomic E-state index is 11.5. The Hall–Kier alpha value is -0.660. The van der Waals surface area contributed by atoms with Gasteiger partial charge in [-0.05, 0) is 32.1 Å². The molecule has 1 aliphatic rings. The molecule has 1 saturated heterocycles. The lowest BCUT2D eigenvalue weighted by atomic mass is 10.0. The number of sulfonamides is 1. The van der Waals surface area contributed by atoms with Crippen LogP contribution in [0.1, 0.15) is 38.5 Å². The minimum absolute atomic E-state index is 0.0569. The highest BCUT2D eigenvalue weighted by Crippen LogP contribution is 2.16. The lowest BCUT2D eigenvalue weighted by Gasteiger charge is -2.22. The van der Waals surface area contributed by atoms with Gasteiger partial charge in [0, 0.05) is 19.6 Å². The maximum Gasteiger partial charge on any atom is 0.220 e. The molecule has 1 heterocycles. The topological polar surface area (TPSA) is 98.5 Å². The predicted molar refractivity (Wildman–Crippen MR) is 68.4 cm³/mol. The summed E-state index contributed by atoms with van der Waals surface area (Å²) in [5.41, 5.74) is 0. The summed E-state index contributed by atoms with van der Waals surface area (Å²) in [7, 11) is -3.42. The third-order valence-corrected chi connectivity index (χ3v) is 3.75. The summed E-state index contributed by atoms with van der Waals surface area (Å²) in [6.45, 7) is 1.14. The number of amides is 1. The monoisotopic (exact) mass is 278 g/mol. The third kappa shape index (κ3) is 7.62. The van der Waals surface area contributed by atoms with E-state index < -0.39 is 10.0 Å². The number of carbonyl (C=O) groups is 1. The van der Waals surface area contributed by atoms with Gasteiger partial charge in [0.25, 0.3) is 0 Å². The van der Waals surface area contributed by atoms with Gasteiger partial charge < -0.3 is 10.1 Å². The average molecular weight is 278 g/mol. The Kier molecular flexibility index (Phi) is 6.59. The standard InChI is InChI=1S/C11H22N2O4S/c12-18(15,16)9-3-7-13-11(14)6-5-10-4-1-2-8-17-10/h10H,1-9H2,(H,13,14)(H2,12,15,16). The van der Waals surface area contributed by atoms with E-state index in [0.29, 0.717) is 19.4 Å². The van der Waals surface area contributed by atoms with Gasteiger partial charge in [0.15, 0.2) is 0 Å². The lowest BCUT2D eigenvalue weighted by molar-refractivity contribution is -0.122. The van der Waals surface area contributed by atoms with Gasteiger partial charge in [0.1, 0.15) is 0 Å². The average Bonchev–Trinajstić information content (AvgIpc) is 2.32. The van der Waals surface area contributed by atoms with E-state index >= 15 is 0 Å². The van der Waals surface area contributed by atoms with Gasteiger partial charge in [0.05, 0.1) is 11.9 Å². The number of carbonyl (C=O) groups excluding carboxylic acids is 1. The van der Waals surface area contributed by atoms with Crippen molar-refractivity contribution in [3.8, 4) is 0 Å². The SMILES string of the molecule is NS(=O)(=O)CCCNC(=O)CCC1CCCCO1. The van der Waals surface area contributed by atoms with Gasteiger partial charge in [-0.15, -0.1) is 0 Å². The van der Waals surface area contributed by atoms with Crippen molar-refractivity contribution < 1.29 is 17.9 Å². The highest BCUT2D eigenvalue weighted by molar-refractivity contribution is 7.89. The lowest BCUT2D eigenvalue weighted by Crippen LogP contribution is -2.28. The highest BCUT2D eigenvalue weighted by Gasteiger charge is 2.15. The molecule has 7 heteroatoms. The Bertz CT molecular complexity index is 350. The molecule has 1 aliphatic heterocycles. The first-order valence-corrected chi connectivity index (χ1v) is 8.08. The Morgan fingerprint density at radius 2 is 2.17 bits per heavy atom. The van der Waals surface area contributed by atoms with Gasteiger partial charge in [-0.25, -0.2) is 13.6 Å². The van der Waals surface area contributed by atoms with Crippen LogP contribution in [0.5, 0.6) is 0 Å². The smallest absolute Gasteiger partial charge is 0.220 e. The van der Waals surface area contributed by atoms with Gasteiger partial charge in [-0.1, -0.05) is 0 Å². The van der Waals surface area contributed by atoms with Crippen LogP contribution in [0.4, 0.5) is 0 Å². The molecule has 0 radical (unpaired) electrons. The van der Waals surface area contributed by atoms with Gasteiger partial charge in [-0.2, -0.15) is 0 Å². The van der Waals surface area contributed by atoms with Crippen molar-refractivity contribution in [2.45, 2.75) is 44.6 Å². The van der Waals surface area contributed by atoms with Crippen molar-refractivity contribution in [2.75, 3.05) is 18.9 Å². The maximum absolute atomic E-state index is 11.5. The third-order valence-electron chi connectivity index (χ3n) is 2.90. The molecule has 0 bridgehead atoms. The van der Waals surface area contributed by atoms with E-state index in [2.05, 4.69) is 5.32 Å². The number of hydrogen-bond acceptors (Lipinski definition) is 4. The first-order chi connectivity index (χ1) is 8.47. The molecule has 18 heavy (non-hydrogen) atoms. The zero-order valence-corrected chi connectivity index (χ0v) is 11.4. The van der Waals surface area contributed by atoms with E-state index in [0.717, 1.165) is 25.9 Å². The summed E-state index contributed by atoms with van der Waals surface area (Å²) in [5.74, 6) is -0.155. The summed E-state index contributed by atoms with van der Waals surface area (Å²) in [5, 5.41) is 7.53. The van der Waals surface area contributed by atoms with E-state index in [1.54, 1.807) is 0 Å². The van der Waals surface area contributed by atoms with Crippen molar-refractivity contribution in [2.24, 2.45) is 5.14 Å². The first-order valence-electron chi connectivity index (χ1n) is 6.36. The zero-order chi connectivity index (χ0) is 13.4. The highest BCUT2D eigenvalue weighted by atomic mass is 32.2. The van der Waals surface area contributed by atoms with E-state index in [9.17, 15) is 13.2 Å². The fraction of sp³-hybridized carbons (Fsp3) is 0.909. The quantitative estimate of drug-likeness (QED) is 0.647. The number of ether oxygens (including phenoxy) is 1. The van der Waals surface area contributed by atoms with Crippen molar-refractivity contribution in [3.05, 3.63) is 0 Å². The van der Waals surface area contributed by atoms with Crippen LogP contribution in [0.2, 0.25) is 0 Å². The van der Waals surface area contributed by atoms with E-state index in [4.69, 9.17) is 9.88 Å². The van der Waals surface area contributed by atoms with Crippen LogP contribution in [-0.2, 0) is 19.6 Å². The second-order valence-electron chi connectivity index (χ2n) is 4.60. The first kappa shape index (κ1) is 15.4. The van der Waals surface area contributed by atoms with Crippen molar-refractivity contribution in [1.82, 2.24) is 5.32 Å². The molecule has 3 N–H and O–H groups in total. The summed E-state index contributed by atoms with van der Waals surface area (Å²) < 4.78 is 26.8. The summed E-state index contributed by atoms with van der Waals surface area (Å²) in [6, 6.07) is 0. The number of nitrogens with two attached hydrogens (primary N) is 1. The molecule has 0 aromatic rings. The molecule has 1 atom stereocenters. The number of primary sulfonamides is 1. The molecule has 0 aliphatic carbocycles. The van der Waals surface area contributed by atoms with Crippen molar-refractivity contribution in [3.63, 3.8) is 0 Å². The Labute approximate surface area is 108 Å². The molecule has 1 fully saturated rings. The molecule has 1 unspecified atom stereocenters. The second kappa shape index (κ2) is 7.70. The van der Waals surface area contributed by atoms with Gasteiger partial charge in [0.2, 0.25) is 15.9 Å². The fourth-order valence-electron chi connectivity index (χ4n) is 1.92. The number of nitrogens with one attached hydrogen (secondary N) is 1. The van der Waals surface area contributed by atoms with Crippen LogP contribution in [0.25, 0.3) is 0 Å². The molecule has 1 rings (SSSR count). The Morgan fingerprint density at radius 3 is 2.78 bits per heavy atom. The Morgan fingerprint density at radius 1 is 1.39 bits per heavy atom. The van der Waals surface area contributed by atoms with E-state index in [1.165, 1.54) is 6.42 Å². The number of rotatable bonds is 7. The Balaban J connectivity index is 2.03. The summed E-state index contributed by atoms with van der Waals surface area (Å²) in [6.07, 6.45) is 5.02. The molecule has 0 aromatic carbocycles. The zero-order valence-electron chi connectivity index (χ0n) is 10.6. The van der Waals surface area contributed by atoms with Gasteiger partial charge in [-0.3, -0.25) is 4.79 Å². The second-order valence-corrected chi connectivity index (χ2v) is 6.33. The minimum atomic E-state index is -3.42. The molecule has 1 amide bonds. The normalized spacial score (nSPS) is 20.6. The van der Waals surface area contributed by atoms with Crippen LogP contribution in [0.3, 0.4) is 0 Å². The van der Waals surface area contributed by atoms with Crippen LogP contribution in [-0.4, -0.2) is 39.3 Å². The molecular formula is C11H22N2O4S. The summed E-state index contributed by atoms with van der Waals surface area (Å²) in [4.78, 5) is 11.5. The molecule has 0 saturated carbocycles. The molecule has 106 valence electrons. The van der Waals surface area contributed by atoms with E-state index in [-0.39, 0.29) is 17.8 Å². The fourth-order valence-corrected chi connectivity index (χ4v) is 2.46. The van der Waals surface area contributed by atoms with Crippen molar-refractivity contribution in [1.29, 1.82) is 0 Å². The van der Waals surface area contributed by atoms with Crippen LogP contribution < -0.4 is 10.5 Å². The van der Waals surface area contributed by atoms with E-state index in [1.807, 2.05) is 0 Å². The van der Waals surface area contributed by atoms with Crippen LogP contribution in [0, 0.1) is 0 Å². The minimum Gasteiger partial charge on any atom is -0.378 e. The molecular weight excluding hydrogens is 256 g/mol. The van der Waals surface area contributed by atoms with Crippen LogP contribution in [0.15, 0.2) is 0 Å². The number of hydrogen-bond donors (Lipinski definition) is 2. The van der Waals surface area contributed by atoms with Crippen LogP contribution >= 0.6 is 0 Å². The van der Waals surface area contributed by atoms with Crippen molar-refractivity contribution >= 4 is 15.9 Å². The predicted octanol–water partition coefficient (Wildman–Crippen LogP) is 0.131. The molecule has 0 spiro atoms.